The molecule has 0 aliphatic carbocycles. The van der Waals surface area contributed by atoms with Crippen LogP contribution in [0, 0.1) is 5.95 Å². The third kappa shape index (κ3) is 1.65. The van der Waals surface area contributed by atoms with Crippen molar-refractivity contribution in [1.29, 1.82) is 0 Å². The molecule has 1 aromatic carbocycles. The summed E-state index contributed by atoms with van der Waals surface area (Å²) < 4.78 is 14.1. The first-order valence-corrected chi connectivity index (χ1v) is 4.30. The molecule has 4 heteroatoms. The molecule has 0 bridgehead atoms. The molecule has 0 saturated carbocycles. The predicted octanol–water partition coefficient (Wildman–Crippen LogP) is 1.47. The molecule has 14 heavy (non-hydrogen) atoms. The highest BCUT2D eigenvalue weighted by Gasteiger charge is 1.99. The van der Waals surface area contributed by atoms with Gasteiger partial charge in [-0.15, -0.1) is 5.10 Å². The maximum Gasteiger partial charge on any atom is 0.233 e. The quantitative estimate of drug-likeness (QED) is 0.781. The molecule has 72 valence electrons. The molecule has 0 amide bonds. The zero-order valence-corrected chi connectivity index (χ0v) is 7.52. The van der Waals surface area contributed by atoms with E-state index in [1.165, 1.54) is 10.7 Å². The summed E-state index contributed by atoms with van der Waals surface area (Å²) >= 11 is 0. The topological polar surface area (TPSA) is 43.8 Å². The first-order valence-electron chi connectivity index (χ1n) is 4.30. The molecule has 3 nitrogen and oxygen atoms in total. The van der Waals surface area contributed by atoms with Crippen LogP contribution >= 0.6 is 0 Å². The van der Waals surface area contributed by atoms with Gasteiger partial charge in [0.2, 0.25) is 5.95 Å². The summed E-state index contributed by atoms with van der Waals surface area (Å²) in [6.45, 7) is 0.508. The van der Waals surface area contributed by atoms with Gasteiger partial charge < -0.3 is 5.73 Å². The van der Waals surface area contributed by atoms with Crippen LogP contribution in [0.25, 0.3) is 5.69 Å². The number of benzene rings is 1. The lowest BCUT2D eigenvalue weighted by Gasteiger charge is -2.01. The van der Waals surface area contributed by atoms with Crippen molar-refractivity contribution in [3.63, 3.8) is 0 Å². The van der Waals surface area contributed by atoms with Gasteiger partial charge in [-0.1, -0.05) is 12.1 Å². The van der Waals surface area contributed by atoms with Crippen molar-refractivity contribution in [1.82, 2.24) is 9.78 Å². The zero-order valence-electron chi connectivity index (χ0n) is 7.52. The minimum absolute atomic E-state index is 0.479. The molecule has 0 spiro atoms. The Bertz CT molecular complexity index is 419. The number of halogens is 1. The number of hydrogen-bond donors (Lipinski definition) is 1. The van der Waals surface area contributed by atoms with Crippen LogP contribution in [0.1, 0.15) is 5.56 Å². The van der Waals surface area contributed by atoms with Gasteiger partial charge in [0.05, 0.1) is 5.69 Å². The van der Waals surface area contributed by atoms with E-state index >= 15 is 0 Å². The third-order valence-corrected chi connectivity index (χ3v) is 1.99. The molecule has 2 rings (SSSR count). The summed E-state index contributed by atoms with van der Waals surface area (Å²) in [7, 11) is 0. The fourth-order valence-electron chi connectivity index (χ4n) is 1.23. The Morgan fingerprint density at radius 3 is 2.43 bits per heavy atom. The van der Waals surface area contributed by atoms with Crippen molar-refractivity contribution >= 4 is 0 Å². The Labute approximate surface area is 81.0 Å². The lowest BCUT2D eigenvalue weighted by atomic mass is 10.2. The van der Waals surface area contributed by atoms with Crippen molar-refractivity contribution in [3.05, 3.63) is 48.0 Å². The van der Waals surface area contributed by atoms with Gasteiger partial charge in [0.25, 0.3) is 0 Å². The predicted molar refractivity (Wildman–Crippen MR) is 51.4 cm³/mol. The lowest BCUT2D eigenvalue weighted by Crippen LogP contribution is -1.98. The SMILES string of the molecule is NCc1ccc(-n2ccc(F)n2)cc1. The number of nitrogens with zero attached hydrogens (tertiary/aromatic N) is 2. The van der Waals surface area contributed by atoms with Crippen LogP contribution < -0.4 is 5.73 Å². The summed E-state index contributed by atoms with van der Waals surface area (Å²) in [6, 6.07) is 8.82. The van der Waals surface area contributed by atoms with Gasteiger partial charge in [-0.3, -0.25) is 0 Å². The lowest BCUT2D eigenvalue weighted by molar-refractivity contribution is 0.566. The summed E-state index contributed by atoms with van der Waals surface area (Å²) in [5.74, 6) is -0.479. The summed E-state index contributed by atoms with van der Waals surface area (Å²) in [5, 5.41) is 3.66. The van der Waals surface area contributed by atoms with E-state index in [0.29, 0.717) is 6.54 Å². The van der Waals surface area contributed by atoms with E-state index in [4.69, 9.17) is 5.73 Å². The van der Waals surface area contributed by atoms with E-state index in [1.807, 2.05) is 24.3 Å². The van der Waals surface area contributed by atoms with E-state index in [2.05, 4.69) is 5.10 Å². The van der Waals surface area contributed by atoms with E-state index in [9.17, 15) is 4.39 Å². The molecule has 2 N–H and O–H groups in total. The highest BCUT2D eigenvalue weighted by Crippen LogP contribution is 2.08. The molecular formula is C10H10FN3. The third-order valence-electron chi connectivity index (χ3n) is 1.99. The van der Waals surface area contributed by atoms with Crippen molar-refractivity contribution in [2.75, 3.05) is 0 Å². The smallest absolute Gasteiger partial charge is 0.233 e. The molecule has 0 saturated heterocycles. The number of hydrogen-bond acceptors (Lipinski definition) is 2. The molecule has 0 fully saturated rings. The maximum atomic E-state index is 12.6. The highest BCUT2D eigenvalue weighted by atomic mass is 19.1. The summed E-state index contributed by atoms with van der Waals surface area (Å²) in [4.78, 5) is 0. The van der Waals surface area contributed by atoms with Crippen molar-refractivity contribution in [2.24, 2.45) is 5.73 Å². The highest BCUT2D eigenvalue weighted by molar-refractivity contribution is 5.33. The number of rotatable bonds is 2. The molecule has 2 aromatic rings. The molecule has 0 aliphatic heterocycles. The summed E-state index contributed by atoms with van der Waals surface area (Å²) in [5.41, 5.74) is 7.33. The van der Waals surface area contributed by atoms with Gasteiger partial charge in [-0.2, -0.15) is 4.39 Å². The standard InChI is InChI=1S/C10H10FN3/c11-10-5-6-14(13-10)9-3-1-8(7-12)2-4-9/h1-6H,7,12H2. The Kier molecular flexibility index (Phi) is 2.28. The molecule has 1 aromatic heterocycles. The minimum Gasteiger partial charge on any atom is -0.326 e. The van der Waals surface area contributed by atoms with Gasteiger partial charge in [0.1, 0.15) is 0 Å². The number of aromatic nitrogens is 2. The average molecular weight is 191 g/mol. The largest absolute Gasteiger partial charge is 0.326 e. The Balaban J connectivity index is 2.33. The molecule has 0 radical (unpaired) electrons. The van der Waals surface area contributed by atoms with Crippen LogP contribution in [0.2, 0.25) is 0 Å². The van der Waals surface area contributed by atoms with Gasteiger partial charge in [0, 0.05) is 18.8 Å². The monoisotopic (exact) mass is 191 g/mol. The van der Waals surface area contributed by atoms with E-state index in [1.54, 1.807) is 6.20 Å². The second kappa shape index (κ2) is 3.59. The van der Waals surface area contributed by atoms with Gasteiger partial charge in [-0.05, 0) is 17.7 Å². The Hall–Kier alpha value is -1.68. The minimum atomic E-state index is -0.479. The van der Waals surface area contributed by atoms with Crippen LogP contribution in [0.5, 0.6) is 0 Å². The average Bonchev–Trinajstić information content (AvgIpc) is 2.65. The Morgan fingerprint density at radius 1 is 1.21 bits per heavy atom. The van der Waals surface area contributed by atoms with Crippen molar-refractivity contribution in [2.45, 2.75) is 6.54 Å². The fourth-order valence-corrected chi connectivity index (χ4v) is 1.23. The molecular weight excluding hydrogens is 181 g/mol. The first-order chi connectivity index (χ1) is 6.79. The van der Waals surface area contributed by atoms with Crippen LogP contribution in [0.4, 0.5) is 4.39 Å². The fraction of sp³-hybridized carbons (Fsp3) is 0.100. The normalized spacial score (nSPS) is 10.4. The van der Waals surface area contributed by atoms with E-state index in [0.717, 1.165) is 11.3 Å². The van der Waals surface area contributed by atoms with Gasteiger partial charge in [-0.25, -0.2) is 4.68 Å². The van der Waals surface area contributed by atoms with Crippen molar-refractivity contribution < 1.29 is 4.39 Å². The second-order valence-electron chi connectivity index (χ2n) is 2.95. The zero-order chi connectivity index (χ0) is 9.97. The van der Waals surface area contributed by atoms with Gasteiger partial charge in [0.15, 0.2) is 0 Å². The Morgan fingerprint density at radius 2 is 1.93 bits per heavy atom. The van der Waals surface area contributed by atoms with Crippen LogP contribution in [0.15, 0.2) is 36.5 Å². The van der Waals surface area contributed by atoms with E-state index < -0.39 is 5.95 Å². The van der Waals surface area contributed by atoms with E-state index in [-0.39, 0.29) is 0 Å². The maximum absolute atomic E-state index is 12.6. The molecule has 0 unspecified atom stereocenters. The van der Waals surface area contributed by atoms with Crippen LogP contribution in [0.3, 0.4) is 0 Å². The molecule has 0 aliphatic rings. The second-order valence-corrected chi connectivity index (χ2v) is 2.95. The summed E-state index contributed by atoms with van der Waals surface area (Å²) in [6.07, 6.45) is 1.58. The van der Waals surface area contributed by atoms with Gasteiger partial charge >= 0.3 is 0 Å². The van der Waals surface area contributed by atoms with Crippen LogP contribution in [-0.4, -0.2) is 9.78 Å². The van der Waals surface area contributed by atoms with Crippen LogP contribution in [-0.2, 0) is 6.54 Å². The molecule has 0 atom stereocenters. The molecule has 1 heterocycles. The first kappa shape index (κ1) is 8.90. The van der Waals surface area contributed by atoms with Crippen molar-refractivity contribution in [3.8, 4) is 5.69 Å². The number of nitrogens with two attached hydrogens (primary N) is 1.